The van der Waals surface area contributed by atoms with Crippen molar-refractivity contribution in [3.05, 3.63) is 40.5 Å². The van der Waals surface area contributed by atoms with Gasteiger partial charge < -0.3 is 0 Å². The maximum Gasteiger partial charge on any atom is -0.00549 e. The molecule has 17 heavy (non-hydrogen) atoms. The molecule has 2 aliphatic rings. The number of benzene rings is 1. The van der Waals surface area contributed by atoms with Gasteiger partial charge in [0.05, 0.1) is 0 Å². The highest BCUT2D eigenvalue weighted by Gasteiger charge is 2.25. The molecule has 0 atom stereocenters. The van der Waals surface area contributed by atoms with Gasteiger partial charge in [0, 0.05) is 0 Å². The third-order valence-electron chi connectivity index (χ3n) is 4.28. The van der Waals surface area contributed by atoms with E-state index in [4.69, 9.17) is 0 Å². The summed E-state index contributed by atoms with van der Waals surface area (Å²) in [6.45, 7) is 6.91. The maximum absolute atomic E-state index is 2.45. The van der Waals surface area contributed by atoms with Crippen LogP contribution < -0.4 is 0 Å². The number of fused-ring (bicyclic) bond motifs is 2. The average molecular weight is 226 g/mol. The topological polar surface area (TPSA) is 0 Å². The number of allylic oxidation sites excluding steroid dienone is 2. The molecule has 3 rings (SSSR count). The van der Waals surface area contributed by atoms with Crippen molar-refractivity contribution in [3.63, 3.8) is 0 Å². The van der Waals surface area contributed by atoms with Crippen molar-refractivity contribution in [2.75, 3.05) is 0 Å². The lowest BCUT2D eigenvalue weighted by Gasteiger charge is -2.20. The summed E-state index contributed by atoms with van der Waals surface area (Å²) in [4.78, 5) is 0. The van der Waals surface area contributed by atoms with E-state index in [0.29, 0.717) is 0 Å². The second kappa shape index (κ2) is 3.73. The van der Waals surface area contributed by atoms with Crippen LogP contribution in [0.15, 0.2) is 23.8 Å². The van der Waals surface area contributed by atoms with Crippen LogP contribution in [0.4, 0.5) is 0 Å². The van der Waals surface area contributed by atoms with E-state index >= 15 is 0 Å². The Morgan fingerprint density at radius 3 is 2.53 bits per heavy atom. The van der Waals surface area contributed by atoms with Crippen LogP contribution in [0.5, 0.6) is 0 Å². The number of hydrogen-bond donors (Lipinski definition) is 0. The Bertz CT molecular complexity index is 483. The lowest BCUT2D eigenvalue weighted by molar-refractivity contribution is 0.589. The predicted molar refractivity (Wildman–Crippen MR) is 74.2 cm³/mol. The smallest absolute Gasteiger partial charge is 0.00549 e. The summed E-state index contributed by atoms with van der Waals surface area (Å²) in [5.74, 6) is 0. The fraction of sp³-hybridized carbons (Fsp3) is 0.529. The van der Waals surface area contributed by atoms with Gasteiger partial charge in [0.25, 0.3) is 0 Å². The van der Waals surface area contributed by atoms with Gasteiger partial charge in [-0.25, -0.2) is 0 Å². The van der Waals surface area contributed by atoms with Crippen LogP contribution >= 0.6 is 0 Å². The van der Waals surface area contributed by atoms with Crippen LogP contribution in [0.2, 0.25) is 0 Å². The molecule has 0 nitrogen and oxygen atoms in total. The zero-order chi connectivity index (χ0) is 12.0. The van der Waals surface area contributed by atoms with Crippen molar-refractivity contribution in [3.8, 4) is 0 Å². The summed E-state index contributed by atoms with van der Waals surface area (Å²) in [5, 5.41) is 0. The molecule has 0 saturated heterocycles. The van der Waals surface area contributed by atoms with Crippen molar-refractivity contribution >= 4 is 5.57 Å². The van der Waals surface area contributed by atoms with Crippen LogP contribution in [-0.4, -0.2) is 0 Å². The van der Waals surface area contributed by atoms with E-state index in [1.807, 2.05) is 0 Å². The zero-order valence-corrected chi connectivity index (χ0v) is 11.3. The minimum absolute atomic E-state index is 0.276. The van der Waals surface area contributed by atoms with Crippen molar-refractivity contribution < 1.29 is 0 Å². The normalized spacial score (nSPS) is 19.2. The van der Waals surface area contributed by atoms with E-state index in [0.717, 1.165) is 0 Å². The summed E-state index contributed by atoms with van der Waals surface area (Å²) in [6, 6.07) is 7.17. The van der Waals surface area contributed by atoms with Crippen LogP contribution in [0.1, 0.15) is 63.1 Å². The quantitative estimate of drug-likeness (QED) is 0.592. The molecule has 0 fully saturated rings. The average Bonchev–Trinajstić information content (AvgIpc) is 2.65. The van der Waals surface area contributed by atoms with Crippen molar-refractivity contribution in [2.24, 2.45) is 0 Å². The molecule has 0 spiro atoms. The first-order valence-electron chi connectivity index (χ1n) is 6.90. The van der Waals surface area contributed by atoms with Gasteiger partial charge in [-0.3, -0.25) is 0 Å². The molecule has 0 saturated carbocycles. The highest BCUT2D eigenvalue weighted by atomic mass is 14.3. The van der Waals surface area contributed by atoms with E-state index < -0.39 is 0 Å². The number of hydrogen-bond acceptors (Lipinski definition) is 0. The van der Waals surface area contributed by atoms with E-state index in [-0.39, 0.29) is 5.41 Å². The predicted octanol–water partition coefficient (Wildman–Crippen LogP) is 4.87. The fourth-order valence-electron chi connectivity index (χ4n) is 3.22. The van der Waals surface area contributed by atoms with E-state index in [1.165, 1.54) is 37.7 Å². The van der Waals surface area contributed by atoms with Gasteiger partial charge >= 0.3 is 0 Å². The Morgan fingerprint density at radius 2 is 1.76 bits per heavy atom. The molecule has 0 bridgehead atoms. The molecule has 0 radical (unpaired) electrons. The highest BCUT2D eigenvalue weighted by molar-refractivity contribution is 5.77. The van der Waals surface area contributed by atoms with Crippen molar-refractivity contribution in [1.82, 2.24) is 0 Å². The minimum Gasteiger partial charge on any atom is -0.0620 e. The molecule has 0 aliphatic heterocycles. The van der Waals surface area contributed by atoms with Gasteiger partial charge in [-0.2, -0.15) is 0 Å². The maximum atomic E-state index is 2.45. The van der Waals surface area contributed by atoms with Gasteiger partial charge in [0.15, 0.2) is 0 Å². The Hall–Kier alpha value is -1.04. The molecule has 0 heterocycles. The second-order valence-electron chi connectivity index (χ2n) is 6.59. The minimum atomic E-state index is 0.276. The first-order chi connectivity index (χ1) is 8.05. The third kappa shape index (κ3) is 1.84. The summed E-state index contributed by atoms with van der Waals surface area (Å²) < 4.78 is 0. The van der Waals surface area contributed by atoms with Crippen LogP contribution in [0.25, 0.3) is 5.57 Å². The molecule has 0 N–H and O–H groups in total. The summed E-state index contributed by atoms with van der Waals surface area (Å²) in [6.07, 6.45) is 6.68. The molecular formula is C17H22. The van der Waals surface area contributed by atoms with Gasteiger partial charge in [-0.15, -0.1) is 0 Å². The molecule has 0 heteroatoms. The lowest BCUT2D eigenvalue weighted by Crippen LogP contribution is -2.11. The lowest BCUT2D eigenvalue weighted by atomic mass is 9.85. The largest absolute Gasteiger partial charge is 0.0620 e. The number of rotatable bonds is 0. The molecule has 0 unspecified atom stereocenters. The van der Waals surface area contributed by atoms with Gasteiger partial charge in [-0.1, -0.05) is 44.5 Å². The molecule has 0 amide bonds. The van der Waals surface area contributed by atoms with Gasteiger partial charge in [0.2, 0.25) is 0 Å². The van der Waals surface area contributed by atoms with Crippen LogP contribution in [0.3, 0.4) is 0 Å². The molecule has 1 aromatic rings. The van der Waals surface area contributed by atoms with Crippen molar-refractivity contribution in [1.29, 1.82) is 0 Å². The molecule has 0 aromatic heterocycles. The third-order valence-corrected chi connectivity index (χ3v) is 4.28. The van der Waals surface area contributed by atoms with Gasteiger partial charge in [-0.05, 0) is 59.8 Å². The molecule has 2 aliphatic carbocycles. The van der Waals surface area contributed by atoms with Crippen LogP contribution in [0, 0.1) is 0 Å². The Kier molecular flexibility index (Phi) is 2.43. The van der Waals surface area contributed by atoms with E-state index in [1.54, 1.807) is 22.3 Å². The van der Waals surface area contributed by atoms with Crippen molar-refractivity contribution in [2.45, 2.75) is 58.3 Å². The summed E-state index contributed by atoms with van der Waals surface area (Å²) in [7, 11) is 0. The summed E-state index contributed by atoms with van der Waals surface area (Å²) in [5.41, 5.74) is 8.33. The molecule has 90 valence electrons. The van der Waals surface area contributed by atoms with E-state index in [2.05, 4.69) is 39.0 Å². The van der Waals surface area contributed by atoms with Gasteiger partial charge in [0.1, 0.15) is 0 Å². The second-order valence-corrected chi connectivity index (χ2v) is 6.59. The highest BCUT2D eigenvalue weighted by Crippen LogP contribution is 2.42. The first kappa shape index (κ1) is 11.1. The monoisotopic (exact) mass is 226 g/mol. The Morgan fingerprint density at radius 1 is 1.00 bits per heavy atom. The standard InChI is InChI=1S/C17H22/c1-17(2,3)14-8-9-16-13(11-14)10-12-6-4-5-7-15(12)16/h8-9,11H,4-7,10H2,1-3H3. The SMILES string of the molecule is CC(C)(C)c1ccc2c(c1)CC1=C2CCCC1. The molecular weight excluding hydrogens is 204 g/mol. The Balaban J connectivity index is 2.02. The fourth-order valence-corrected chi connectivity index (χ4v) is 3.22. The Labute approximate surface area is 105 Å². The van der Waals surface area contributed by atoms with Crippen LogP contribution in [-0.2, 0) is 11.8 Å². The summed E-state index contributed by atoms with van der Waals surface area (Å²) >= 11 is 0. The molecule has 1 aromatic carbocycles. The first-order valence-corrected chi connectivity index (χ1v) is 6.90. The zero-order valence-electron chi connectivity index (χ0n) is 11.3. The van der Waals surface area contributed by atoms with E-state index in [9.17, 15) is 0 Å².